The van der Waals surface area contributed by atoms with Crippen LogP contribution in [-0.4, -0.2) is 49.2 Å². The first kappa shape index (κ1) is 10.8. The van der Waals surface area contributed by atoms with Gasteiger partial charge in [-0.05, 0) is 18.8 Å². The number of amides is 1. The molecule has 4 aliphatic rings. The van der Waals surface area contributed by atoms with E-state index in [-0.39, 0.29) is 29.8 Å². The van der Waals surface area contributed by atoms with E-state index >= 15 is 0 Å². The number of nitrogens with zero attached hydrogens (tertiary/aromatic N) is 1. The smallest absolute Gasteiger partial charge is 0.310 e. The van der Waals surface area contributed by atoms with Gasteiger partial charge in [-0.25, -0.2) is 0 Å². The molecular formula is C13H17NO4. The van der Waals surface area contributed by atoms with E-state index in [1.54, 1.807) is 0 Å². The molecule has 2 saturated heterocycles. The summed E-state index contributed by atoms with van der Waals surface area (Å²) in [5.41, 5.74) is 0. The second-order valence-corrected chi connectivity index (χ2v) is 5.86. The third-order valence-electron chi connectivity index (χ3n) is 5.09. The van der Waals surface area contributed by atoms with E-state index in [0.29, 0.717) is 38.1 Å². The van der Waals surface area contributed by atoms with Gasteiger partial charge in [-0.2, -0.15) is 0 Å². The minimum absolute atomic E-state index is 0.112. The molecule has 1 amide bonds. The van der Waals surface area contributed by atoms with Crippen molar-refractivity contribution in [2.45, 2.75) is 18.9 Å². The molecule has 2 aliphatic carbocycles. The lowest BCUT2D eigenvalue weighted by molar-refractivity contribution is -0.149. The van der Waals surface area contributed by atoms with E-state index in [4.69, 9.17) is 9.47 Å². The van der Waals surface area contributed by atoms with Crippen LogP contribution in [0.5, 0.6) is 0 Å². The topological polar surface area (TPSA) is 55.8 Å². The Labute approximate surface area is 105 Å². The molecule has 2 aliphatic heterocycles. The number of carbonyl (C=O) groups excluding carboxylic acids is 2. The summed E-state index contributed by atoms with van der Waals surface area (Å²) in [6.07, 6.45) is 2.01. The SMILES string of the molecule is O=C1O[C@@H]2C[C@@H]3C[C@@H]2[C@H]1[C@H]3C(=O)N1CCOCC1. The predicted octanol–water partition coefficient (Wildman–Crippen LogP) is 0.0428. The Hall–Kier alpha value is -1.10. The zero-order valence-corrected chi connectivity index (χ0v) is 10.2. The fourth-order valence-corrected chi connectivity index (χ4v) is 4.34. The molecule has 0 N–H and O–H groups in total. The predicted molar refractivity (Wildman–Crippen MR) is 60.5 cm³/mol. The molecule has 0 aromatic heterocycles. The Morgan fingerprint density at radius 2 is 2.00 bits per heavy atom. The highest BCUT2D eigenvalue weighted by Crippen LogP contribution is 2.58. The number of hydrogen-bond acceptors (Lipinski definition) is 4. The van der Waals surface area contributed by atoms with Crippen LogP contribution in [0.3, 0.4) is 0 Å². The molecule has 0 aromatic carbocycles. The summed E-state index contributed by atoms with van der Waals surface area (Å²) in [6.45, 7) is 2.56. The summed E-state index contributed by atoms with van der Waals surface area (Å²) in [5.74, 6) is 0.456. The van der Waals surface area contributed by atoms with Gasteiger partial charge in [0.2, 0.25) is 5.91 Å². The number of hydrogen-bond donors (Lipinski definition) is 0. The molecule has 5 nitrogen and oxygen atoms in total. The van der Waals surface area contributed by atoms with Crippen molar-refractivity contribution in [2.75, 3.05) is 26.3 Å². The zero-order chi connectivity index (χ0) is 12.3. The maximum Gasteiger partial charge on any atom is 0.310 e. The highest BCUT2D eigenvalue weighted by atomic mass is 16.6. The van der Waals surface area contributed by atoms with Gasteiger partial charge in [0.25, 0.3) is 0 Å². The quantitative estimate of drug-likeness (QED) is 0.618. The average molecular weight is 251 g/mol. The van der Waals surface area contributed by atoms with Crippen molar-refractivity contribution in [2.24, 2.45) is 23.7 Å². The van der Waals surface area contributed by atoms with E-state index in [1.165, 1.54) is 0 Å². The molecule has 0 radical (unpaired) electrons. The van der Waals surface area contributed by atoms with Gasteiger partial charge in [-0.15, -0.1) is 0 Å². The zero-order valence-electron chi connectivity index (χ0n) is 10.2. The van der Waals surface area contributed by atoms with Gasteiger partial charge in [0.1, 0.15) is 6.10 Å². The molecule has 2 saturated carbocycles. The van der Waals surface area contributed by atoms with Gasteiger partial charge in [0.15, 0.2) is 0 Å². The van der Waals surface area contributed by atoms with E-state index in [0.717, 1.165) is 12.8 Å². The Morgan fingerprint density at radius 3 is 2.78 bits per heavy atom. The van der Waals surface area contributed by atoms with Gasteiger partial charge in [0, 0.05) is 19.0 Å². The molecule has 2 bridgehead atoms. The Balaban J connectivity index is 1.57. The van der Waals surface area contributed by atoms with Crippen molar-refractivity contribution in [1.29, 1.82) is 0 Å². The summed E-state index contributed by atoms with van der Waals surface area (Å²) >= 11 is 0. The first-order valence-corrected chi connectivity index (χ1v) is 6.83. The van der Waals surface area contributed by atoms with Crippen LogP contribution >= 0.6 is 0 Å². The van der Waals surface area contributed by atoms with Crippen LogP contribution in [0.4, 0.5) is 0 Å². The van der Waals surface area contributed by atoms with Crippen LogP contribution in [-0.2, 0) is 19.1 Å². The minimum Gasteiger partial charge on any atom is -0.462 e. The van der Waals surface area contributed by atoms with Gasteiger partial charge in [-0.1, -0.05) is 0 Å². The number of ether oxygens (including phenoxy) is 2. The normalized spacial score (nSPS) is 45.4. The molecule has 18 heavy (non-hydrogen) atoms. The summed E-state index contributed by atoms with van der Waals surface area (Å²) in [4.78, 5) is 26.3. The van der Waals surface area contributed by atoms with E-state index in [9.17, 15) is 9.59 Å². The van der Waals surface area contributed by atoms with Crippen molar-refractivity contribution in [1.82, 2.24) is 4.90 Å². The fraction of sp³-hybridized carbons (Fsp3) is 0.846. The fourth-order valence-electron chi connectivity index (χ4n) is 4.34. The second-order valence-electron chi connectivity index (χ2n) is 5.86. The van der Waals surface area contributed by atoms with Gasteiger partial charge < -0.3 is 14.4 Å². The van der Waals surface area contributed by atoms with Crippen molar-refractivity contribution in [3.63, 3.8) is 0 Å². The van der Waals surface area contributed by atoms with Crippen LogP contribution in [0, 0.1) is 23.7 Å². The van der Waals surface area contributed by atoms with Crippen molar-refractivity contribution >= 4 is 11.9 Å². The Bertz CT molecular complexity index is 402. The first-order chi connectivity index (χ1) is 8.75. The lowest BCUT2D eigenvalue weighted by Gasteiger charge is -2.33. The van der Waals surface area contributed by atoms with Crippen LogP contribution in [0.15, 0.2) is 0 Å². The van der Waals surface area contributed by atoms with Crippen molar-refractivity contribution < 1.29 is 19.1 Å². The van der Waals surface area contributed by atoms with Gasteiger partial charge >= 0.3 is 5.97 Å². The maximum atomic E-state index is 12.6. The second kappa shape index (κ2) is 3.70. The number of fused-ring (bicyclic) bond motifs is 1. The summed E-state index contributed by atoms with van der Waals surface area (Å²) in [6, 6.07) is 0. The number of rotatable bonds is 1. The van der Waals surface area contributed by atoms with Crippen molar-refractivity contribution in [3.8, 4) is 0 Å². The van der Waals surface area contributed by atoms with Gasteiger partial charge in [0.05, 0.1) is 25.0 Å². The molecule has 2 heterocycles. The largest absolute Gasteiger partial charge is 0.462 e. The lowest BCUT2D eigenvalue weighted by atomic mass is 9.79. The van der Waals surface area contributed by atoms with Crippen molar-refractivity contribution in [3.05, 3.63) is 0 Å². The Kier molecular flexibility index (Phi) is 2.22. The van der Waals surface area contributed by atoms with E-state index in [1.807, 2.05) is 4.90 Å². The number of morpholine rings is 1. The van der Waals surface area contributed by atoms with Crippen LogP contribution in [0.25, 0.3) is 0 Å². The molecule has 0 aromatic rings. The first-order valence-electron chi connectivity index (χ1n) is 6.83. The third kappa shape index (κ3) is 1.31. The molecule has 0 unspecified atom stereocenters. The molecule has 5 atom stereocenters. The highest BCUT2D eigenvalue weighted by molar-refractivity contribution is 5.88. The average Bonchev–Trinajstić information content (AvgIpc) is 3.00. The number of carbonyl (C=O) groups is 2. The maximum absolute atomic E-state index is 12.6. The third-order valence-corrected chi connectivity index (χ3v) is 5.09. The summed E-state index contributed by atoms with van der Waals surface area (Å²) < 4.78 is 10.6. The molecule has 5 heteroatoms. The summed E-state index contributed by atoms with van der Waals surface area (Å²) in [5, 5.41) is 0. The standard InChI is InChI=1S/C13H17NO4/c15-12(14-1-3-17-4-2-14)10-7-5-8-9(6-7)18-13(16)11(8)10/h7-11H,1-6H2/t7-,8-,9+,10-,11-/m0/s1. The van der Waals surface area contributed by atoms with Crippen LogP contribution in [0.1, 0.15) is 12.8 Å². The van der Waals surface area contributed by atoms with Crippen LogP contribution in [0.2, 0.25) is 0 Å². The van der Waals surface area contributed by atoms with E-state index in [2.05, 4.69) is 0 Å². The minimum atomic E-state index is -0.149. The molecule has 4 rings (SSSR count). The highest BCUT2D eigenvalue weighted by Gasteiger charge is 2.64. The van der Waals surface area contributed by atoms with E-state index < -0.39 is 0 Å². The number of esters is 1. The lowest BCUT2D eigenvalue weighted by Crippen LogP contribution is -2.47. The summed E-state index contributed by atoms with van der Waals surface area (Å²) in [7, 11) is 0. The van der Waals surface area contributed by atoms with Crippen LogP contribution < -0.4 is 0 Å². The monoisotopic (exact) mass is 251 g/mol. The van der Waals surface area contributed by atoms with Gasteiger partial charge in [-0.3, -0.25) is 9.59 Å². The molecule has 0 spiro atoms. The molecular weight excluding hydrogens is 234 g/mol. The molecule has 98 valence electrons. The molecule has 4 fully saturated rings. The Morgan fingerprint density at radius 1 is 1.22 bits per heavy atom.